The molecule has 0 aliphatic rings. The summed E-state index contributed by atoms with van der Waals surface area (Å²) in [5.74, 6) is -0.317. The van der Waals surface area contributed by atoms with E-state index in [0.717, 1.165) is 11.8 Å². The van der Waals surface area contributed by atoms with Crippen molar-refractivity contribution >= 4 is 38.9 Å². The molecule has 0 saturated heterocycles. The van der Waals surface area contributed by atoms with Crippen molar-refractivity contribution in [2.75, 3.05) is 12.8 Å². The normalized spacial score (nSPS) is 11.3. The molecule has 2 rings (SSSR count). The first-order valence-corrected chi connectivity index (χ1v) is 9.86. The van der Waals surface area contributed by atoms with Crippen molar-refractivity contribution < 1.29 is 13.2 Å². The highest BCUT2D eigenvalue weighted by Crippen LogP contribution is 2.21. The van der Waals surface area contributed by atoms with Crippen LogP contribution >= 0.6 is 23.2 Å². The molecule has 7 heteroatoms. The van der Waals surface area contributed by atoms with Gasteiger partial charge in [0.1, 0.15) is 0 Å². The smallest absolute Gasteiger partial charge is 0.251 e. The van der Waals surface area contributed by atoms with E-state index in [2.05, 4.69) is 5.32 Å². The number of carbonyl (C=O) groups is 1. The number of rotatable bonds is 5. The largest absolute Gasteiger partial charge is 0.352 e. The Labute approximate surface area is 151 Å². The summed E-state index contributed by atoms with van der Waals surface area (Å²) in [5.41, 5.74) is 1.94. The van der Waals surface area contributed by atoms with Gasteiger partial charge in [0.05, 0.1) is 4.90 Å². The fraction of sp³-hybridized carbons (Fsp3) is 0.235. The van der Waals surface area contributed by atoms with Gasteiger partial charge in [-0.05, 0) is 48.7 Å². The van der Waals surface area contributed by atoms with Crippen molar-refractivity contribution in [2.45, 2.75) is 18.2 Å². The van der Waals surface area contributed by atoms with Gasteiger partial charge in [-0.2, -0.15) is 0 Å². The molecule has 4 nitrogen and oxygen atoms in total. The second-order valence-electron chi connectivity index (χ2n) is 5.49. The number of benzene rings is 2. The van der Waals surface area contributed by atoms with E-state index in [-0.39, 0.29) is 10.8 Å². The molecule has 0 atom stereocenters. The van der Waals surface area contributed by atoms with Crippen LogP contribution in [0.15, 0.2) is 41.3 Å². The molecule has 0 aliphatic carbocycles. The van der Waals surface area contributed by atoms with Crippen LogP contribution in [0, 0.1) is 6.92 Å². The van der Waals surface area contributed by atoms with Crippen LogP contribution in [-0.4, -0.2) is 27.1 Å². The van der Waals surface area contributed by atoms with Crippen LogP contribution in [0.25, 0.3) is 0 Å². The van der Waals surface area contributed by atoms with E-state index in [1.165, 1.54) is 12.1 Å². The van der Waals surface area contributed by atoms with Gasteiger partial charge in [0, 0.05) is 28.4 Å². The molecule has 1 N–H and O–H groups in total. The number of aryl methyl sites for hydroxylation is 1. The molecule has 2 aromatic rings. The summed E-state index contributed by atoms with van der Waals surface area (Å²) in [5, 5.41) is 3.89. The average molecular weight is 386 g/mol. The zero-order chi connectivity index (χ0) is 17.9. The lowest BCUT2D eigenvalue weighted by Gasteiger charge is -2.10. The Morgan fingerprint density at radius 2 is 1.83 bits per heavy atom. The minimum absolute atomic E-state index is 0.124. The van der Waals surface area contributed by atoms with Crippen molar-refractivity contribution in [1.82, 2.24) is 5.32 Å². The van der Waals surface area contributed by atoms with Gasteiger partial charge in [0.2, 0.25) is 0 Å². The first kappa shape index (κ1) is 18.8. The second-order valence-corrected chi connectivity index (χ2v) is 8.35. The predicted molar refractivity (Wildman–Crippen MR) is 96.8 cm³/mol. The standard InChI is InChI=1S/C17H17Cl2NO3S/c1-11-3-6-14(24(2,22)23)10-15(11)17(21)20-8-7-12-4-5-13(18)9-16(12)19/h3-6,9-10H,7-8H2,1-2H3,(H,20,21). The molecular formula is C17H17Cl2NO3S. The SMILES string of the molecule is Cc1ccc(S(C)(=O)=O)cc1C(=O)NCCc1ccc(Cl)cc1Cl. The molecule has 24 heavy (non-hydrogen) atoms. The van der Waals surface area contributed by atoms with Gasteiger partial charge in [-0.15, -0.1) is 0 Å². The van der Waals surface area contributed by atoms with E-state index >= 15 is 0 Å². The van der Waals surface area contributed by atoms with Crippen LogP contribution in [0.3, 0.4) is 0 Å². The van der Waals surface area contributed by atoms with Crippen molar-refractivity contribution in [1.29, 1.82) is 0 Å². The van der Waals surface area contributed by atoms with Crippen LogP contribution in [0.5, 0.6) is 0 Å². The minimum atomic E-state index is -3.36. The minimum Gasteiger partial charge on any atom is -0.352 e. The van der Waals surface area contributed by atoms with Gasteiger partial charge in [-0.1, -0.05) is 35.3 Å². The maximum Gasteiger partial charge on any atom is 0.251 e. The Balaban J connectivity index is 2.07. The highest BCUT2D eigenvalue weighted by atomic mass is 35.5. The molecule has 0 spiro atoms. The second kappa shape index (κ2) is 7.55. The molecule has 2 aromatic carbocycles. The Kier molecular flexibility index (Phi) is 5.91. The maximum atomic E-state index is 12.3. The number of hydrogen-bond donors (Lipinski definition) is 1. The number of hydrogen-bond acceptors (Lipinski definition) is 3. The third-order valence-electron chi connectivity index (χ3n) is 3.58. The van der Waals surface area contributed by atoms with Crippen molar-refractivity contribution in [3.63, 3.8) is 0 Å². The van der Waals surface area contributed by atoms with Gasteiger partial charge >= 0.3 is 0 Å². The molecule has 0 aromatic heterocycles. The first-order chi connectivity index (χ1) is 11.2. The zero-order valence-electron chi connectivity index (χ0n) is 13.3. The third kappa shape index (κ3) is 4.72. The van der Waals surface area contributed by atoms with E-state index in [0.29, 0.717) is 34.1 Å². The molecule has 0 fully saturated rings. The topological polar surface area (TPSA) is 63.2 Å². The highest BCUT2D eigenvalue weighted by Gasteiger charge is 2.14. The van der Waals surface area contributed by atoms with Gasteiger partial charge in [-0.25, -0.2) is 8.42 Å². The van der Waals surface area contributed by atoms with E-state index in [1.807, 2.05) is 6.07 Å². The summed E-state index contributed by atoms with van der Waals surface area (Å²) in [6, 6.07) is 9.72. The van der Waals surface area contributed by atoms with Crippen molar-refractivity contribution in [3.05, 3.63) is 63.1 Å². The lowest BCUT2D eigenvalue weighted by atomic mass is 10.1. The van der Waals surface area contributed by atoms with Crippen molar-refractivity contribution in [3.8, 4) is 0 Å². The first-order valence-electron chi connectivity index (χ1n) is 7.21. The Bertz CT molecular complexity index is 879. The zero-order valence-corrected chi connectivity index (χ0v) is 15.6. The monoisotopic (exact) mass is 385 g/mol. The van der Waals surface area contributed by atoms with Crippen LogP contribution in [0.1, 0.15) is 21.5 Å². The summed E-state index contributed by atoms with van der Waals surface area (Å²) in [7, 11) is -3.36. The summed E-state index contributed by atoms with van der Waals surface area (Å²) < 4.78 is 23.3. The Hall–Kier alpha value is -1.56. The van der Waals surface area contributed by atoms with Crippen molar-refractivity contribution in [2.24, 2.45) is 0 Å². The van der Waals surface area contributed by atoms with Gasteiger partial charge in [-0.3, -0.25) is 4.79 Å². The molecule has 0 radical (unpaired) electrons. The lowest BCUT2D eigenvalue weighted by Crippen LogP contribution is -2.26. The number of amides is 1. The summed E-state index contributed by atoms with van der Waals surface area (Å²) in [6.45, 7) is 2.14. The molecule has 0 aliphatic heterocycles. The molecular weight excluding hydrogens is 369 g/mol. The fourth-order valence-corrected chi connectivity index (χ4v) is 3.36. The van der Waals surface area contributed by atoms with E-state index < -0.39 is 9.84 Å². The van der Waals surface area contributed by atoms with E-state index in [1.54, 1.807) is 25.1 Å². The quantitative estimate of drug-likeness (QED) is 0.853. The molecule has 128 valence electrons. The molecule has 0 saturated carbocycles. The third-order valence-corrected chi connectivity index (χ3v) is 5.27. The number of sulfone groups is 1. The van der Waals surface area contributed by atoms with Crippen LogP contribution in [0.4, 0.5) is 0 Å². The molecule has 0 heterocycles. The molecule has 1 amide bonds. The maximum absolute atomic E-state index is 12.3. The number of nitrogens with one attached hydrogen (secondary N) is 1. The van der Waals surface area contributed by atoms with Crippen LogP contribution < -0.4 is 5.32 Å². The summed E-state index contributed by atoms with van der Waals surface area (Å²) in [4.78, 5) is 12.4. The highest BCUT2D eigenvalue weighted by molar-refractivity contribution is 7.90. The Morgan fingerprint density at radius 1 is 1.12 bits per heavy atom. The summed E-state index contributed by atoms with van der Waals surface area (Å²) in [6.07, 6.45) is 1.66. The average Bonchev–Trinajstić information content (AvgIpc) is 2.48. The van der Waals surface area contributed by atoms with E-state index in [9.17, 15) is 13.2 Å². The van der Waals surface area contributed by atoms with Gasteiger partial charge < -0.3 is 5.32 Å². The number of carbonyl (C=O) groups excluding carboxylic acids is 1. The molecule has 0 bridgehead atoms. The van der Waals surface area contributed by atoms with Gasteiger partial charge in [0.25, 0.3) is 5.91 Å². The number of halogens is 2. The predicted octanol–water partition coefficient (Wildman–Crippen LogP) is 3.68. The summed E-state index contributed by atoms with van der Waals surface area (Å²) >= 11 is 11.9. The van der Waals surface area contributed by atoms with Crippen LogP contribution in [0.2, 0.25) is 10.0 Å². The van der Waals surface area contributed by atoms with E-state index in [4.69, 9.17) is 23.2 Å². The fourth-order valence-electron chi connectivity index (χ4n) is 2.21. The van der Waals surface area contributed by atoms with Crippen LogP contribution in [-0.2, 0) is 16.3 Å². The molecule has 0 unspecified atom stereocenters. The Morgan fingerprint density at radius 3 is 2.46 bits per heavy atom. The van der Waals surface area contributed by atoms with Gasteiger partial charge in [0.15, 0.2) is 9.84 Å². The lowest BCUT2D eigenvalue weighted by molar-refractivity contribution is 0.0953.